The fourth-order valence-electron chi connectivity index (χ4n) is 1.17. The van der Waals surface area contributed by atoms with Crippen LogP contribution in [-0.2, 0) is 14.3 Å². The van der Waals surface area contributed by atoms with Crippen LogP contribution in [0.15, 0.2) is 0 Å². The largest absolute Gasteiger partial charge is 0.464 e. The number of aliphatic hydroxyl groups excluding tert-OH is 1. The highest BCUT2D eigenvalue weighted by Crippen LogP contribution is 2.04. The van der Waals surface area contributed by atoms with Gasteiger partial charge < -0.3 is 19.9 Å². The molecular weight excluding hydrogens is 174 g/mol. The molecule has 0 spiro atoms. The van der Waals surface area contributed by atoms with Gasteiger partial charge in [-0.2, -0.15) is 0 Å². The summed E-state index contributed by atoms with van der Waals surface area (Å²) in [6.45, 7) is 3.73. The van der Waals surface area contributed by atoms with Gasteiger partial charge in [-0.1, -0.05) is 0 Å². The average molecular weight is 189 g/mol. The number of rotatable bonds is 3. The summed E-state index contributed by atoms with van der Waals surface area (Å²) < 4.78 is 9.85. The van der Waals surface area contributed by atoms with Crippen molar-refractivity contribution in [1.82, 2.24) is 5.32 Å². The fraction of sp³-hybridized carbons (Fsp3) is 0.875. The SMILES string of the molecule is CCOC(=O)C(O)C1CNCCO1. The van der Waals surface area contributed by atoms with Crippen LogP contribution in [0.2, 0.25) is 0 Å². The molecule has 2 N–H and O–H groups in total. The minimum absolute atomic E-state index is 0.274. The molecule has 0 aromatic rings. The van der Waals surface area contributed by atoms with Crippen molar-refractivity contribution in [2.24, 2.45) is 0 Å². The van der Waals surface area contributed by atoms with Crippen molar-refractivity contribution < 1.29 is 19.4 Å². The van der Waals surface area contributed by atoms with E-state index in [0.717, 1.165) is 6.54 Å². The van der Waals surface area contributed by atoms with Gasteiger partial charge in [-0.15, -0.1) is 0 Å². The second kappa shape index (κ2) is 5.16. The van der Waals surface area contributed by atoms with E-state index in [1.165, 1.54) is 0 Å². The highest BCUT2D eigenvalue weighted by Gasteiger charge is 2.29. The summed E-state index contributed by atoms with van der Waals surface area (Å²) >= 11 is 0. The minimum Gasteiger partial charge on any atom is -0.464 e. The molecule has 2 unspecified atom stereocenters. The molecule has 1 saturated heterocycles. The Bertz CT molecular complexity index is 168. The molecule has 13 heavy (non-hydrogen) atoms. The van der Waals surface area contributed by atoms with Crippen molar-refractivity contribution in [1.29, 1.82) is 0 Å². The Hall–Kier alpha value is -0.650. The number of hydrogen-bond acceptors (Lipinski definition) is 5. The molecular formula is C8H15NO4. The third-order valence-electron chi connectivity index (χ3n) is 1.84. The van der Waals surface area contributed by atoms with E-state index < -0.39 is 18.2 Å². The summed E-state index contributed by atoms with van der Waals surface area (Å²) in [5.74, 6) is -0.615. The summed E-state index contributed by atoms with van der Waals surface area (Å²) in [5.41, 5.74) is 0. The number of hydrogen-bond donors (Lipinski definition) is 2. The second-order valence-electron chi connectivity index (χ2n) is 2.81. The molecule has 0 aliphatic carbocycles. The van der Waals surface area contributed by atoms with E-state index in [4.69, 9.17) is 4.74 Å². The Morgan fingerprint density at radius 1 is 1.85 bits per heavy atom. The van der Waals surface area contributed by atoms with Gasteiger partial charge in [-0.3, -0.25) is 0 Å². The summed E-state index contributed by atoms with van der Waals surface area (Å²) in [7, 11) is 0. The van der Waals surface area contributed by atoms with Gasteiger partial charge in [0.25, 0.3) is 0 Å². The zero-order valence-electron chi connectivity index (χ0n) is 7.66. The molecule has 0 bridgehead atoms. The van der Waals surface area contributed by atoms with Crippen LogP contribution >= 0.6 is 0 Å². The monoisotopic (exact) mass is 189 g/mol. The highest BCUT2D eigenvalue weighted by atomic mass is 16.6. The van der Waals surface area contributed by atoms with Crippen molar-refractivity contribution in [3.63, 3.8) is 0 Å². The Labute approximate surface area is 77.0 Å². The molecule has 5 heteroatoms. The van der Waals surface area contributed by atoms with E-state index in [9.17, 15) is 9.90 Å². The first kappa shape index (κ1) is 10.4. The Balaban J connectivity index is 2.35. The molecule has 76 valence electrons. The van der Waals surface area contributed by atoms with E-state index in [2.05, 4.69) is 10.1 Å². The molecule has 0 radical (unpaired) electrons. The molecule has 1 aliphatic heterocycles. The van der Waals surface area contributed by atoms with Gasteiger partial charge in [0.15, 0.2) is 6.10 Å². The van der Waals surface area contributed by atoms with Gasteiger partial charge in [0, 0.05) is 13.1 Å². The molecule has 0 saturated carbocycles. The standard InChI is InChI=1S/C8H15NO4/c1-2-12-8(11)7(10)6-5-9-3-4-13-6/h6-7,9-10H,2-5H2,1H3. The lowest BCUT2D eigenvalue weighted by molar-refractivity contribution is -0.163. The van der Waals surface area contributed by atoms with Gasteiger partial charge in [0.2, 0.25) is 0 Å². The van der Waals surface area contributed by atoms with Crippen LogP contribution in [0.3, 0.4) is 0 Å². The van der Waals surface area contributed by atoms with E-state index in [1.807, 2.05) is 0 Å². The van der Waals surface area contributed by atoms with E-state index in [0.29, 0.717) is 13.2 Å². The van der Waals surface area contributed by atoms with E-state index in [1.54, 1.807) is 6.92 Å². The minimum atomic E-state index is -1.17. The van der Waals surface area contributed by atoms with Crippen LogP contribution in [0.5, 0.6) is 0 Å². The smallest absolute Gasteiger partial charge is 0.337 e. The molecule has 0 amide bonds. The third kappa shape index (κ3) is 2.95. The zero-order valence-corrected chi connectivity index (χ0v) is 7.66. The maximum Gasteiger partial charge on any atom is 0.337 e. The van der Waals surface area contributed by atoms with Gasteiger partial charge in [0.05, 0.1) is 13.2 Å². The highest BCUT2D eigenvalue weighted by molar-refractivity contribution is 5.75. The van der Waals surface area contributed by atoms with Gasteiger partial charge in [-0.05, 0) is 6.92 Å². The molecule has 0 aromatic heterocycles. The predicted molar refractivity (Wildman–Crippen MR) is 45.2 cm³/mol. The molecule has 0 aromatic carbocycles. The Kier molecular flexibility index (Phi) is 4.14. The molecule has 5 nitrogen and oxygen atoms in total. The topological polar surface area (TPSA) is 67.8 Å². The number of ether oxygens (including phenoxy) is 2. The molecule has 2 atom stereocenters. The second-order valence-corrected chi connectivity index (χ2v) is 2.81. The zero-order chi connectivity index (χ0) is 9.68. The normalized spacial score (nSPS) is 25.2. The number of nitrogens with one attached hydrogen (secondary N) is 1. The number of esters is 1. The lowest BCUT2D eigenvalue weighted by Crippen LogP contribution is -2.48. The van der Waals surface area contributed by atoms with Crippen LogP contribution in [0.25, 0.3) is 0 Å². The average Bonchev–Trinajstić information content (AvgIpc) is 2.18. The Morgan fingerprint density at radius 3 is 3.15 bits per heavy atom. The van der Waals surface area contributed by atoms with Gasteiger partial charge in [0.1, 0.15) is 6.10 Å². The van der Waals surface area contributed by atoms with Crippen molar-refractivity contribution in [3.8, 4) is 0 Å². The first-order chi connectivity index (χ1) is 6.25. The molecule has 1 aliphatic rings. The van der Waals surface area contributed by atoms with Crippen LogP contribution in [0, 0.1) is 0 Å². The predicted octanol–water partition coefficient (Wildman–Crippen LogP) is -1.10. The lowest BCUT2D eigenvalue weighted by atomic mass is 10.2. The van der Waals surface area contributed by atoms with Gasteiger partial charge in [-0.25, -0.2) is 4.79 Å². The summed E-state index contributed by atoms with van der Waals surface area (Å²) in [6.07, 6.45) is -1.65. The van der Waals surface area contributed by atoms with Crippen molar-refractivity contribution in [3.05, 3.63) is 0 Å². The lowest BCUT2D eigenvalue weighted by Gasteiger charge is -2.26. The van der Waals surface area contributed by atoms with Crippen LogP contribution in [-0.4, -0.2) is 49.6 Å². The maximum atomic E-state index is 11.1. The van der Waals surface area contributed by atoms with Crippen LogP contribution in [0.1, 0.15) is 6.92 Å². The summed E-state index contributed by atoms with van der Waals surface area (Å²) in [4.78, 5) is 11.1. The first-order valence-electron chi connectivity index (χ1n) is 4.42. The van der Waals surface area contributed by atoms with E-state index in [-0.39, 0.29) is 6.61 Å². The van der Waals surface area contributed by atoms with Crippen LogP contribution in [0.4, 0.5) is 0 Å². The molecule has 1 rings (SSSR count). The summed E-state index contributed by atoms with van der Waals surface area (Å²) in [5, 5.41) is 12.5. The summed E-state index contributed by atoms with van der Waals surface area (Å²) in [6, 6.07) is 0. The molecule has 1 heterocycles. The Morgan fingerprint density at radius 2 is 2.62 bits per heavy atom. The number of carbonyl (C=O) groups excluding carboxylic acids is 1. The van der Waals surface area contributed by atoms with Crippen molar-refractivity contribution in [2.45, 2.75) is 19.1 Å². The maximum absolute atomic E-state index is 11.1. The number of carbonyl (C=O) groups is 1. The third-order valence-corrected chi connectivity index (χ3v) is 1.84. The fourth-order valence-corrected chi connectivity index (χ4v) is 1.17. The van der Waals surface area contributed by atoms with Crippen molar-refractivity contribution in [2.75, 3.05) is 26.3 Å². The number of aliphatic hydroxyl groups is 1. The number of morpholine rings is 1. The first-order valence-corrected chi connectivity index (χ1v) is 4.42. The molecule has 1 fully saturated rings. The quantitative estimate of drug-likeness (QED) is 0.551. The van der Waals surface area contributed by atoms with Crippen molar-refractivity contribution >= 4 is 5.97 Å². The van der Waals surface area contributed by atoms with Gasteiger partial charge >= 0.3 is 5.97 Å². The van der Waals surface area contributed by atoms with E-state index >= 15 is 0 Å². The van der Waals surface area contributed by atoms with Crippen LogP contribution < -0.4 is 5.32 Å².